The number of aromatic nitrogens is 4. The lowest BCUT2D eigenvalue weighted by Crippen LogP contribution is -2.01. The first-order valence-corrected chi connectivity index (χ1v) is 7.32. The molecule has 0 aliphatic carbocycles. The number of hydrogen-bond acceptors (Lipinski definition) is 4. The minimum Gasteiger partial charge on any atom is -0.390 e. The van der Waals surface area contributed by atoms with Crippen molar-refractivity contribution in [2.24, 2.45) is 0 Å². The van der Waals surface area contributed by atoms with Crippen molar-refractivity contribution in [3.05, 3.63) is 72.7 Å². The molecule has 112 valence electrons. The third-order valence-corrected chi connectivity index (χ3v) is 3.84. The molecule has 0 radical (unpaired) electrons. The van der Waals surface area contributed by atoms with Gasteiger partial charge in [0.1, 0.15) is 11.4 Å². The van der Waals surface area contributed by atoms with Gasteiger partial charge in [-0.2, -0.15) is 0 Å². The van der Waals surface area contributed by atoms with E-state index in [0.29, 0.717) is 5.69 Å². The highest BCUT2D eigenvalue weighted by Gasteiger charge is 2.16. The molecule has 0 aliphatic rings. The van der Waals surface area contributed by atoms with E-state index in [-0.39, 0.29) is 6.61 Å². The fourth-order valence-corrected chi connectivity index (χ4v) is 2.78. The Hall–Kier alpha value is -3.05. The van der Waals surface area contributed by atoms with Crippen molar-refractivity contribution in [3.8, 4) is 16.9 Å². The second-order valence-electron chi connectivity index (χ2n) is 5.19. The van der Waals surface area contributed by atoms with Gasteiger partial charge in [0.15, 0.2) is 0 Å². The van der Waals surface area contributed by atoms with Crippen molar-refractivity contribution < 1.29 is 5.11 Å². The van der Waals surface area contributed by atoms with E-state index in [1.54, 1.807) is 17.1 Å². The molecular weight excluding hydrogens is 288 g/mol. The average Bonchev–Trinajstić information content (AvgIpc) is 3.06. The Kier molecular flexibility index (Phi) is 3.33. The van der Waals surface area contributed by atoms with Gasteiger partial charge in [0.05, 0.1) is 12.3 Å². The first-order chi connectivity index (χ1) is 11.4. The number of aliphatic hydroxyl groups excluding tert-OH is 1. The highest BCUT2D eigenvalue weighted by Crippen LogP contribution is 2.28. The fourth-order valence-electron chi connectivity index (χ4n) is 2.78. The molecule has 2 aromatic heterocycles. The molecule has 0 aliphatic heterocycles. The summed E-state index contributed by atoms with van der Waals surface area (Å²) in [6.45, 7) is -0.164. The third-order valence-electron chi connectivity index (χ3n) is 3.84. The fraction of sp³-hybridized carbons (Fsp3) is 0.0556. The molecule has 5 heteroatoms. The zero-order valence-corrected chi connectivity index (χ0v) is 12.3. The minimum atomic E-state index is -0.164. The van der Waals surface area contributed by atoms with Crippen molar-refractivity contribution in [2.45, 2.75) is 6.61 Å². The molecule has 2 heterocycles. The Labute approximate surface area is 132 Å². The molecule has 23 heavy (non-hydrogen) atoms. The SMILES string of the molecule is OCc1nnn(-c2cccc3ccccc23)c1-c1ccncc1. The van der Waals surface area contributed by atoms with E-state index < -0.39 is 0 Å². The molecule has 0 fully saturated rings. The molecule has 1 N–H and O–H groups in total. The van der Waals surface area contributed by atoms with E-state index >= 15 is 0 Å². The maximum Gasteiger partial charge on any atom is 0.117 e. The molecule has 0 amide bonds. The molecule has 2 aromatic carbocycles. The Morgan fingerprint density at radius 3 is 2.52 bits per heavy atom. The van der Waals surface area contributed by atoms with Crippen LogP contribution in [0.15, 0.2) is 67.0 Å². The van der Waals surface area contributed by atoms with Gasteiger partial charge in [-0.15, -0.1) is 5.10 Å². The predicted octanol–water partition coefficient (Wildman–Crippen LogP) is 2.97. The molecule has 4 rings (SSSR count). The topological polar surface area (TPSA) is 63.8 Å². The van der Waals surface area contributed by atoms with E-state index in [1.165, 1.54) is 0 Å². The van der Waals surface area contributed by atoms with Crippen molar-refractivity contribution in [2.75, 3.05) is 0 Å². The van der Waals surface area contributed by atoms with Crippen molar-refractivity contribution >= 4 is 10.8 Å². The van der Waals surface area contributed by atoms with Gasteiger partial charge in [-0.3, -0.25) is 4.98 Å². The number of pyridine rings is 1. The first-order valence-electron chi connectivity index (χ1n) is 7.32. The maximum atomic E-state index is 9.62. The summed E-state index contributed by atoms with van der Waals surface area (Å²) < 4.78 is 1.78. The van der Waals surface area contributed by atoms with Crippen molar-refractivity contribution in [1.82, 2.24) is 20.0 Å². The van der Waals surface area contributed by atoms with E-state index in [0.717, 1.165) is 27.7 Å². The number of benzene rings is 2. The van der Waals surface area contributed by atoms with Crippen LogP contribution in [0.25, 0.3) is 27.7 Å². The summed E-state index contributed by atoms with van der Waals surface area (Å²) in [6, 6.07) is 18.0. The van der Waals surface area contributed by atoms with Crippen LogP contribution in [-0.2, 0) is 6.61 Å². The summed E-state index contributed by atoms with van der Waals surface area (Å²) in [5.41, 5.74) is 3.18. The molecule has 0 spiro atoms. The van der Waals surface area contributed by atoms with Crippen LogP contribution in [-0.4, -0.2) is 25.1 Å². The van der Waals surface area contributed by atoms with Gasteiger partial charge in [0.25, 0.3) is 0 Å². The van der Waals surface area contributed by atoms with Gasteiger partial charge in [0.2, 0.25) is 0 Å². The largest absolute Gasteiger partial charge is 0.390 e. The number of aliphatic hydroxyl groups is 1. The molecule has 0 bridgehead atoms. The Balaban J connectivity index is 2.01. The van der Waals surface area contributed by atoms with E-state index in [9.17, 15) is 5.11 Å². The lowest BCUT2D eigenvalue weighted by molar-refractivity contribution is 0.277. The second kappa shape index (κ2) is 5.62. The number of hydrogen-bond donors (Lipinski definition) is 1. The van der Waals surface area contributed by atoms with Crippen LogP contribution >= 0.6 is 0 Å². The molecule has 5 nitrogen and oxygen atoms in total. The monoisotopic (exact) mass is 302 g/mol. The summed E-state index contributed by atoms with van der Waals surface area (Å²) in [5, 5.41) is 20.2. The van der Waals surface area contributed by atoms with Crippen LogP contribution in [0.2, 0.25) is 0 Å². The Morgan fingerprint density at radius 2 is 1.70 bits per heavy atom. The quantitative estimate of drug-likeness (QED) is 0.632. The second-order valence-corrected chi connectivity index (χ2v) is 5.19. The molecule has 0 unspecified atom stereocenters. The lowest BCUT2D eigenvalue weighted by atomic mass is 10.1. The van der Waals surface area contributed by atoms with Crippen LogP contribution < -0.4 is 0 Å². The highest BCUT2D eigenvalue weighted by molar-refractivity contribution is 5.90. The predicted molar refractivity (Wildman–Crippen MR) is 88.0 cm³/mol. The Bertz CT molecular complexity index is 958. The number of fused-ring (bicyclic) bond motifs is 1. The van der Waals surface area contributed by atoms with Crippen LogP contribution in [0.3, 0.4) is 0 Å². The lowest BCUT2D eigenvalue weighted by Gasteiger charge is -2.10. The van der Waals surface area contributed by atoms with E-state index in [1.807, 2.05) is 36.4 Å². The van der Waals surface area contributed by atoms with E-state index in [4.69, 9.17) is 0 Å². The molecule has 0 atom stereocenters. The highest BCUT2D eigenvalue weighted by atomic mass is 16.3. The summed E-state index contributed by atoms with van der Waals surface area (Å²) >= 11 is 0. The summed E-state index contributed by atoms with van der Waals surface area (Å²) in [4.78, 5) is 4.05. The van der Waals surface area contributed by atoms with Crippen molar-refractivity contribution in [3.63, 3.8) is 0 Å². The maximum absolute atomic E-state index is 9.62. The van der Waals surface area contributed by atoms with Gasteiger partial charge < -0.3 is 5.11 Å². The molecule has 4 aromatic rings. The zero-order chi connectivity index (χ0) is 15.6. The van der Waals surface area contributed by atoms with Gasteiger partial charge in [0, 0.05) is 23.3 Å². The Morgan fingerprint density at radius 1 is 0.913 bits per heavy atom. The average molecular weight is 302 g/mol. The number of nitrogens with zero attached hydrogens (tertiary/aromatic N) is 4. The van der Waals surface area contributed by atoms with E-state index in [2.05, 4.69) is 33.5 Å². The third kappa shape index (κ3) is 2.27. The minimum absolute atomic E-state index is 0.164. The van der Waals surface area contributed by atoms with Gasteiger partial charge >= 0.3 is 0 Å². The van der Waals surface area contributed by atoms with Crippen molar-refractivity contribution in [1.29, 1.82) is 0 Å². The number of rotatable bonds is 3. The van der Waals surface area contributed by atoms with Crippen LogP contribution in [0.1, 0.15) is 5.69 Å². The van der Waals surface area contributed by atoms with Crippen LogP contribution in [0, 0.1) is 0 Å². The normalized spacial score (nSPS) is 11.0. The zero-order valence-electron chi connectivity index (χ0n) is 12.3. The molecule has 0 saturated heterocycles. The summed E-state index contributed by atoms with van der Waals surface area (Å²) in [7, 11) is 0. The molecular formula is C18H14N4O. The smallest absolute Gasteiger partial charge is 0.117 e. The van der Waals surface area contributed by atoms with Crippen LogP contribution in [0.5, 0.6) is 0 Å². The standard InChI is InChI=1S/C18H14N4O/c23-12-16-18(14-8-10-19-11-9-14)22(21-20-16)17-7-3-5-13-4-1-2-6-15(13)17/h1-11,23H,12H2. The van der Waals surface area contributed by atoms with Crippen LogP contribution in [0.4, 0.5) is 0 Å². The summed E-state index contributed by atoms with van der Waals surface area (Å²) in [5.74, 6) is 0. The van der Waals surface area contributed by atoms with Gasteiger partial charge in [-0.1, -0.05) is 41.6 Å². The van der Waals surface area contributed by atoms with Gasteiger partial charge in [-0.05, 0) is 23.6 Å². The first kappa shape index (κ1) is 13.6. The molecule has 0 saturated carbocycles. The summed E-state index contributed by atoms with van der Waals surface area (Å²) in [6.07, 6.45) is 3.44. The van der Waals surface area contributed by atoms with Gasteiger partial charge in [-0.25, -0.2) is 4.68 Å².